The number of hydrogen-bond donors (Lipinski definition) is 1. The second-order valence-electron chi connectivity index (χ2n) is 3.28. The molecule has 1 N–H and O–H groups in total. The van der Waals surface area contributed by atoms with E-state index in [1.54, 1.807) is 0 Å². The van der Waals surface area contributed by atoms with Gasteiger partial charge in [-0.15, -0.1) is 0 Å². The highest BCUT2D eigenvalue weighted by Crippen LogP contribution is 2.43. The molecular weight excluding hydrogens is 223 g/mol. The van der Waals surface area contributed by atoms with Gasteiger partial charge in [-0.3, -0.25) is 9.78 Å². The highest BCUT2D eigenvalue weighted by molar-refractivity contribution is 5.81. The number of hydrogen-bond acceptors (Lipinski definition) is 2. The van der Waals surface area contributed by atoms with Gasteiger partial charge in [-0.05, 0) is 18.6 Å². The van der Waals surface area contributed by atoms with E-state index in [0.717, 1.165) is 12.3 Å². The Bertz CT molecular complexity index is 377. The molecule has 0 fully saturated rings. The predicted molar refractivity (Wildman–Crippen MR) is 49.9 cm³/mol. The minimum atomic E-state index is -4.87. The van der Waals surface area contributed by atoms with Gasteiger partial charge in [0.1, 0.15) is 0 Å². The summed E-state index contributed by atoms with van der Waals surface area (Å²) < 4.78 is 38.7. The van der Waals surface area contributed by atoms with Crippen molar-refractivity contribution < 1.29 is 23.1 Å². The fraction of sp³-hybridized carbons (Fsp3) is 0.400. The van der Waals surface area contributed by atoms with Crippen molar-refractivity contribution in [2.75, 3.05) is 0 Å². The second kappa shape index (κ2) is 4.11. The van der Waals surface area contributed by atoms with Crippen LogP contribution < -0.4 is 0 Å². The molecule has 1 heterocycles. The van der Waals surface area contributed by atoms with Crippen molar-refractivity contribution in [3.63, 3.8) is 0 Å². The molecule has 6 heteroatoms. The van der Waals surface area contributed by atoms with Gasteiger partial charge < -0.3 is 5.11 Å². The molecule has 0 aliphatic rings. The van der Waals surface area contributed by atoms with E-state index in [4.69, 9.17) is 5.11 Å². The number of alkyl halides is 3. The molecule has 0 spiro atoms. The van der Waals surface area contributed by atoms with E-state index >= 15 is 0 Å². The van der Waals surface area contributed by atoms with Gasteiger partial charge in [0.05, 0.1) is 5.69 Å². The van der Waals surface area contributed by atoms with E-state index in [-0.39, 0.29) is 0 Å². The maximum absolute atomic E-state index is 12.9. The zero-order chi connectivity index (χ0) is 12.4. The summed E-state index contributed by atoms with van der Waals surface area (Å²) in [6.07, 6.45) is -4.32. The number of carbonyl (C=O) groups is 1. The van der Waals surface area contributed by atoms with Crippen LogP contribution in [0.25, 0.3) is 0 Å². The molecule has 88 valence electrons. The SMILES string of the molecule is CCC(C(=O)O)(c1ccccn1)C(F)(F)F. The molecule has 3 nitrogen and oxygen atoms in total. The monoisotopic (exact) mass is 233 g/mol. The van der Waals surface area contributed by atoms with Gasteiger partial charge in [-0.1, -0.05) is 13.0 Å². The summed E-state index contributed by atoms with van der Waals surface area (Å²) in [5.74, 6) is -1.93. The first-order valence-corrected chi connectivity index (χ1v) is 4.58. The van der Waals surface area contributed by atoms with E-state index in [9.17, 15) is 18.0 Å². The van der Waals surface area contributed by atoms with Crippen molar-refractivity contribution in [1.82, 2.24) is 4.98 Å². The lowest BCUT2D eigenvalue weighted by Crippen LogP contribution is -2.49. The highest BCUT2D eigenvalue weighted by atomic mass is 19.4. The van der Waals surface area contributed by atoms with Crippen LogP contribution >= 0.6 is 0 Å². The molecule has 0 aliphatic carbocycles. The first-order valence-electron chi connectivity index (χ1n) is 4.58. The highest BCUT2D eigenvalue weighted by Gasteiger charge is 2.61. The average molecular weight is 233 g/mol. The Morgan fingerprint density at radius 1 is 1.44 bits per heavy atom. The number of carboxylic acids is 1. The molecular formula is C10H10F3NO2. The van der Waals surface area contributed by atoms with Crippen LogP contribution in [0.15, 0.2) is 24.4 Å². The van der Waals surface area contributed by atoms with Crippen molar-refractivity contribution in [2.24, 2.45) is 0 Å². The third kappa shape index (κ3) is 1.75. The number of aliphatic carboxylic acids is 1. The number of nitrogens with zero attached hydrogens (tertiary/aromatic N) is 1. The van der Waals surface area contributed by atoms with Crippen molar-refractivity contribution in [3.8, 4) is 0 Å². The fourth-order valence-electron chi connectivity index (χ4n) is 1.52. The molecule has 1 atom stereocenters. The molecule has 0 aromatic carbocycles. The lowest BCUT2D eigenvalue weighted by molar-refractivity contribution is -0.207. The minimum absolute atomic E-state index is 0.488. The molecule has 0 amide bonds. The molecule has 0 aliphatic heterocycles. The van der Waals surface area contributed by atoms with Crippen LogP contribution in [0.3, 0.4) is 0 Å². The number of carboxylic acid groups (broad SMARTS) is 1. The number of pyridine rings is 1. The van der Waals surface area contributed by atoms with Gasteiger partial charge in [0.2, 0.25) is 5.41 Å². The minimum Gasteiger partial charge on any atom is -0.480 e. The molecule has 1 rings (SSSR count). The molecule has 0 bridgehead atoms. The number of halogens is 3. The van der Waals surface area contributed by atoms with Crippen molar-refractivity contribution in [1.29, 1.82) is 0 Å². The molecule has 0 radical (unpaired) electrons. The molecule has 1 aromatic heterocycles. The first kappa shape index (κ1) is 12.5. The van der Waals surface area contributed by atoms with Crippen LogP contribution in [0.2, 0.25) is 0 Å². The van der Waals surface area contributed by atoms with E-state index in [0.29, 0.717) is 0 Å². The molecule has 16 heavy (non-hydrogen) atoms. The largest absolute Gasteiger partial charge is 0.480 e. The lowest BCUT2D eigenvalue weighted by atomic mass is 9.80. The summed E-state index contributed by atoms with van der Waals surface area (Å²) in [7, 11) is 0. The van der Waals surface area contributed by atoms with Crippen LogP contribution in [-0.2, 0) is 10.2 Å². The Hall–Kier alpha value is -1.59. The summed E-state index contributed by atoms with van der Waals surface area (Å²) in [6.45, 7) is 1.18. The number of rotatable bonds is 3. The first-order chi connectivity index (χ1) is 7.36. The fourth-order valence-corrected chi connectivity index (χ4v) is 1.52. The van der Waals surface area contributed by atoms with Gasteiger partial charge in [0, 0.05) is 6.20 Å². The third-order valence-electron chi connectivity index (χ3n) is 2.48. The van der Waals surface area contributed by atoms with E-state index in [1.807, 2.05) is 0 Å². The Balaban J connectivity index is 3.42. The third-order valence-corrected chi connectivity index (χ3v) is 2.48. The van der Waals surface area contributed by atoms with Gasteiger partial charge in [0.15, 0.2) is 0 Å². The standard InChI is InChI=1S/C10H10F3NO2/c1-2-9(8(15)16,10(11,12)13)7-5-3-4-6-14-7/h3-6H,2H2,1H3,(H,15,16). The van der Waals surface area contributed by atoms with Crippen LogP contribution in [0, 0.1) is 0 Å². The second-order valence-corrected chi connectivity index (χ2v) is 3.28. The zero-order valence-electron chi connectivity index (χ0n) is 8.45. The molecule has 0 saturated heterocycles. The van der Waals surface area contributed by atoms with Crippen LogP contribution in [-0.4, -0.2) is 22.2 Å². The zero-order valence-corrected chi connectivity index (χ0v) is 8.45. The van der Waals surface area contributed by atoms with Crippen molar-refractivity contribution in [2.45, 2.75) is 24.9 Å². The van der Waals surface area contributed by atoms with Crippen LogP contribution in [0.5, 0.6) is 0 Å². The predicted octanol–water partition coefficient (Wildman–Crippen LogP) is 2.38. The van der Waals surface area contributed by atoms with Gasteiger partial charge in [0.25, 0.3) is 0 Å². The van der Waals surface area contributed by atoms with Crippen molar-refractivity contribution >= 4 is 5.97 Å². The van der Waals surface area contributed by atoms with E-state index in [2.05, 4.69) is 4.98 Å². The summed E-state index contributed by atoms with van der Waals surface area (Å²) in [6, 6.07) is 3.84. The maximum Gasteiger partial charge on any atom is 0.410 e. The van der Waals surface area contributed by atoms with E-state index < -0.39 is 29.7 Å². The van der Waals surface area contributed by atoms with E-state index in [1.165, 1.54) is 19.1 Å². The Morgan fingerprint density at radius 2 is 2.06 bits per heavy atom. The summed E-state index contributed by atoms with van der Waals surface area (Å²) >= 11 is 0. The topological polar surface area (TPSA) is 50.2 Å². The smallest absolute Gasteiger partial charge is 0.410 e. The number of aromatic nitrogens is 1. The Morgan fingerprint density at radius 3 is 2.38 bits per heavy atom. The Labute approximate surface area is 89.9 Å². The lowest BCUT2D eigenvalue weighted by Gasteiger charge is -2.29. The summed E-state index contributed by atoms with van der Waals surface area (Å²) in [5, 5.41) is 8.85. The van der Waals surface area contributed by atoms with Crippen LogP contribution in [0.1, 0.15) is 19.0 Å². The van der Waals surface area contributed by atoms with Gasteiger partial charge in [-0.25, -0.2) is 0 Å². The summed E-state index contributed by atoms with van der Waals surface area (Å²) in [5.41, 5.74) is -3.41. The Kier molecular flexibility index (Phi) is 3.21. The normalized spacial score (nSPS) is 15.5. The average Bonchev–Trinajstić information content (AvgIpc) is 2.18. The van der Waals surface area contributed by atoms with Gasteiger partial charge in [-0.2, -0.15) is 13.2 Å². The van der Waals surface area contributed by atoms with Gasteiger partial charge >= 0.3 is 12.1 Å². The molecule has 0 saturated carbocycles. The van der Waals surface area contributed by atoms with Crippen LogP contribution in [0.4, 0.5) is 13.2 Å². The maximum atomic E-state index is 12.9. The summed E-state index contributed by atoms with van der Waals surface area (Å²) in [4.78, 5) is 14.4. The molecule has 1 aromatic rings. The molecule has 1 unspecified atom stereocenters. The quantitative estimate of drug-likeness (QED) is 0.871. The van der Waals surface area contributed by atoms with Crippen molar-refractivity contribution in [3.05, 3.63) is 30.1 Å².